The van der Waals surface area contributed by atoms with Crippen molar-refractivity contribution in [3.8, 4) is 22.4 Å². The van der Waals surface area contributed by atoms with Crippen molar-refractivity contribution in [2.45, 2.75) is 9.79 Å². The van der Waals surface area contributed by atoms with Crippen LogP contribution in [0.4, 0.5) is 5.69 Å². The first-order chi connectivity index (χ1) is 17.6. The molecule has 176 valence electrons. The highest BCUT2D eigenvalue weighted by Gasteiger charge is 2.25. The fraction of sp³-hybridized carbons (Fsp3) is 0.0333. The predicted octanol–water partition coefficient (Wildman–Crippen LogP) is 6.52. The zero-order chi connectivity index (χ0) is 24.9. The Hall–Kier alpha value is -4.42. The van der Waals surface area contributed by atoms with Crippen molar-refractivity contribution in [1.82, 2.24) is 9.78 Å². The van der Waals surface area contributed by atoms with Crippen molar-refractivity contribution >= 4 is 23.4 Å². The van der Waals surface area contributed by atoms with E-state index in [0.29, 0.717) is 16.9 Å². The van der Waals surface area contributed by atoms with Crippen molar-refractivity contribution in [3.63, 3.8) is 0 Å². The SMILES string of the molecule is Cn1nc(-c2ccccc2)c(-c2ccccc2)c(C(=O)Nc2ccccc2Sc2ccccc2)c1=O. The second-order valence-corrected chi connectivity index (χ2v) is 9.24. The Labute approximate surface area is 213 Å². The monoisotopic (exact) mass is 489 g/mol. The molecule has 0 saturated carbocycles. The molecule has 1 N–H and O–H groups in total. The number of anilines is 1. The van der Waals surface area contributed by atoms with E-state index in [1.54, 1.807) is 18.8 Å². The maximum Gasteiger partial charge on any atom is 0.280 e. The first kappa shape index (κ1) is 23.3. The molecule has 1 heterocycles. The van der Waals surface area contributed by atoms with E-state index in [9.17, 15) is 9.59 Å². The van der Waals surface area contributed by atoms with Gasteiger partial charge in [0.25, 0.3) is 11.5 Å². The van der Waals surface area contributed by atoms with E-state index in [0.717, 1.165) is 20.9 Å². The molecule has 6 heteroatoms. The van der Waals surface area contributed by atoms with Crippen molar-refractivity contribution < 1.29 is 4.79 Å². The van der Waals surface area contributed by atoms with Crippen LogP contribution in [0.25, 0.3) is 22.4 Å². The van der Waals surface area contributed by atoms with Gasteiger partial charge in [-0.3, -0.25) is 9.59 Å². The van der Waals surface area contributed by atoms with Crippen LogP contribution in [0.1, 0.15) is 10.4 Å². The number of hydrogen-bond acceptors (Lipinski definition) is 4. The maximum absolute atomic E-state index is 13.8. The van der Waals surface area contributed by atoms with Gasteiger partial charge < -0.3 is 5.32 Å². The Morgan fingerprint density at radius 3 is 1.97 bits per heavy atom. The van der Waals surface area contributed by atoms with Crippen LogP contribution in [0.5, 0.6) is 0 Å². The first-order valence-corrected chi connectivity index (χ1v) is 12.3. The summed E-state index contributed by atoms with van der Waals surface area (Å²) in [5.74, 6) is -0.477. The van der Waals surface area contributed by atoms with Crippen molar-refractivity contribution in [3.05, 3.63) is 131 Å². The smallest absolute Gasteiger partial charge is 0.280 e. The number of nitrogens with zero attached hydrogens (tertiary/aromatic N) is 2. The highest BCUT2D eigenvalue weighted by Crippen LogP contribution is 2.35. The highest BCUT2D eigenvalue weighted by molar-refractivity contribution is 7.99. The fourth-order valence-corrected chi connectivity index (χ4v) is 4.91. The van der Waals surface area contributed by atoms with Crippen LogP contribution in [0, 0.1) is 0 Å². The molecular weight excluding hydrogens is 466 g/mol. The van der Waals surface area contributed by atoms with E-state index in [2.05, 4.69) is 10.4 Å². The lowest BCUT2D eigenvalue weighted by atomic mass is 9.95. The largest absolute Gasteiger partial charge is 0.321 e. The summed E-state index contributed by atoms with van der Waals surface area (Å²) in [4.78, 5) is 29.1. The van der Waals surface area contributed by atoms with Gasteiger partial charge in [-0.25, -0.2) is 4.68 Å². The lowest BCUT2D eigenvalue weighted by Crippen LogP contribution is -2.31. The van der Waals surface area contributed by atoms with Gasteiger partial charge in [-0.2, -0.15) is 5.10 Å². The molecule has 0 saturated heterocycles. The van der Waals surface area contributed by atoms with Gasteiger partial charge in [0.2, 0.25) is 0 Å². The number of carbonyl (C=O) groups is 1. The summed E-state index contributed by atoms with van der Waals surface area (Å²) >= 11 is 1.55. The molecule has 0 unspecified atom stereocenters. The van der Waals surface area contributed by atoms with E-state index < -0.39 is 11.5 Å². The van der Waals surface area contributed by atoms with Crippen LogP contribution in [-0.2, 0) is 7.05 Å². The van der Waals surface area contributed by atoms with Crippen LogP contribution in [-0.4, -0.2) is 15.7 Å². The summed E-state index contributed by atoms with van der Waals surface area (Å²) in [6.45, 7) is 0. The minimum Gasteiger partial charge on any atom is -0.321 e. The quantitative estimate of drug-likeness (QED) is 0.295. The molecule has 0 spiro atoms. The molecule has 5 nitrogen and oxygen atoms in total. The van der Waals surface area contributed by atoms with Crippen LogP contribution in [0.15, 0.2) is 130 Å². The normalized spacial score (nSPS) is 10.7. The molecule has 5 rings (SSSR count). The minimum atomic E-state index is -0.477. The second kappa shape index (κ2) is 10.5. The molecule has 0 radical (unpaired) electrons. The number of rotatable bonds is 6. The van der Waals surface area contributed by atoms with E-state index in [4.69, 9.17) is 0 Å². The van der Waals surface area contributed by atoms with Gasteiger partial charge in [-0.15, -0.1) is 0 Å². The number of para-hydroxylation sites is 1. The van der Waals surface area contributed by atoms with Crippen molar-refractivity contribution in [2.75, 3.05) is 5.32 Å². The molecule has 0 atom stereocenters. The molecule has 0 fully saturated rings. The molecule has 1 amide bonds. The summed E-state index contributed by atoms with van der Waals surface area (Å²) in [5, 5.41) is 7.57. The summed E-state index contributed by atoms with van der Waals surface area (Å²) in [5.41, 5.74) is 2.88. The third-order valence-electron chi connectivity index (χ3n) is 5.69. The number of amides is 1. The van der Waals surface area contributed by atoms with Gasteiger partial charge in [0.15, 0.2) is 0 Å². The van der Waals surface area contributed by atoms with Gasteiger partial charge in [0.05, 0.1) is 11.4 Å². The van der Waals surface area contributed by atoms with Crippen LogP contribution >= 0.6 is 11.8 Å². The van der Waals surface area contributed by atoms with E-state index in [-0.39, 0.29) is 5.56 Å². The van der Waals surface area contributed by atoms with Gasteiger partial charge in [-0.05, 0) is 29.8 Å². The number of nitrogens with one attached hydrogen (secondary N) is 1. The van der Waals surface area contributed by atoms with Gasteiger partial charge in [0, 0.05) is 28.0 Å². The Balaban J connectivity index is 1.63. The average molecular weight is 490 g/mol. The predicted molar refractivity (Wildman–Crippen MR) is 145 cm³/mol. The van der Waals surface area contributed by atoms with E-state index in [1.807, 2.05) is 115 Å². The Bertz CT molecular complexity index is 1570. The Morgan fingerprint density at radius 1 is 0.750 bits per heavy atom. The summed E-state index contributed by atoms with van der Waals surface area (Å²) < 4.78 is 1.23. The van der Waals surface area contributed by atoms with E-state index >= 15 is 0 Å². The lowest BCUT2D eigenvalue weighted by molar-refractivity contribution is 0.102. The van der Waals surface area contributed by atoms with Gasteiger partial charge in [-0.1, -0.05) is 103 Å². The molecule has 0 bridgehead atoms. The number of benzene rings is 4. The maximum atomic E-state index is 13.8. The average Bonchev–Trinajstić information content (AvgIpc) is 2.92. The number of aromatic nitrogens is 2. The highest BCUT2D eigenvalue weighted by atomic mass is 32.2. The number of aryl methyl sites for hydroxylation is 1. The molecular formula is C30H23N3O2S. The molecule has 0 aliphatic carbocycles. The van der Waals surface area contributed by atoms with Crippen LogP contribution in [0.2, 0.25) is 0 Å². The third kappa shape index (κ3) is 4.85. The van der Waals surface area contributed by atoms with Crippen molar-refractivity contribution in [2.24, 2.45) is 7.05 Å². The molecule has 4 aromatic carbocycles. The summed E-state index contributed by atoms with van der Waals surface area (Å²) in [6, 6.07) is 36.6. The minimum absolute atomic E-state index is 0.0528. The zero-order valence-corrected chi connectivity index (χ0v) is 20.4. The van der Waals surface area contributed by atoms with E-state index in [1.165, 1.54) is 4.68 Å². The first-order valence-electron chi connectivity index (χ1n) is 11.5. The molecule has 1 aromatic heterocycles. The van der Waals surface area contributed by atoms with Gasteiger partial charge in [0.1, 0.15) is 5.56 Å². The molecule has 0 aliphatic rings. The molecule has 36 heavy (non-hydrogen) atoms. The summed E-state index contributed by atoms with van der Waals surface area (Å²) in [7, 11) is 1.57. The second-order valence-electron chi connectivity index (χ2n) is 8.12. The Kier molecular flexibility index (Phi) is 6.78. The van der Waals surface area contributed by atoms with Crippen molar-refractivity contribution in [1.29, 1.82) is 0 Å². The third-order valence-corrected chi connectivity index (χ3v) is 6.77. The Morgan fingerprint density at radius 2 is 1.31 bits per heavy atom. The standard InChI is InChI=1S/C30H23N3O2S/c1-33-30(35)27(26(21-13-5-2-6-14-21)28(32-33)22-15-7-3-8-16-22)29(34)31-24-19-11-12-20-25(24)36-23-17-9-4-10-18-23/h2-20H,1H3,(H,31,34). The molecule has 5 aromatic rings. The van der Waals surface area contributed by atoms with Crippen LogP contribution < -0.4 is 10.9 Å². The van der Waals surface area contributed by atoms with Gasteiger partial charge >= 0.3 is 0 Å². The number of hydrogen-bond donors (Lipinski definition) is 1. The summed E-state index contributed by atoms with van der Waals surface area (Å²) in [6.07, 6.45) is 0. The topological polar surface area (TPSA) is 64.0 Å². The van der Waals surface area contributed by atoms with Crippen LogP contribution in [0.3, 0.4) is 0 Å². The zero-order valence-electron chi connectivity index (χ0n) is 19.6. The lowest BCUT2D eigenvalue weighted by Gasteiger charge is -2.17. The molecule has 0 aliphatic heterocycles. The fourth-order valence-electron chi connectivity index (χ4n) is 3.99. The number of carbonyl (C=O) groups excluding carboxylic acids is 1.